The summed E-state index contributed by atoms with van der Waals surface area (Å²) in [5, 5.41) is 0. The van der Waals surface area contributed by atoms with Crippen molar-refractivity contribution in [3.05, 3.63) is 0 Å². The number of carbonyl (C=O) groups excluding carboxylic acids is 1. The minimum atomic E-state index is -0.696. The summed E-state index contributed by atoms with van der Waals surface area (Å²) in [6.45, 7) is 5.49. The Hall–Kier alpha value is -0.570. The number of amides is 1. The molecule has 1 heterocycles. The maximum absolute atomic E-state index is 11.9. The number of nitrogens with zero attached hydrogens (tertiary/aromatic N) is 1. The lowest BCUT2D eigenvalue weighted by atomic mass is 10.0. The van der Waals surface area contributed by atoms with E-state index >= 15 is 0 Å². The number of nitrogens with two attached hydrogens (primary N) is 1. The van der Waals surface area contributed by atoms with E-state index in [0.29, 0.717) is 0 Å². The fourth-order valence-electron chi connectivity index (χ4n) is 2.81. The lowest BCUT2D eigenvalue weighted by Gasteiger charge is -2.26. The minimum Gasteiger partial charge on any atom is -0.341 e. The molecule has 0 aromatic carbocycles. The third-order valence-electron chi connectivity index (χ3n) is 3.56. The largest absolute Gasteiger partial charge is 0.341 e. The Morgan fingerprint density at radius 2 is 1.79 bits per heavy atom. The Kier molecular flexibility index (Phi) is 2.30. The van der Waals surface area contributed by atoms with Crippen LogP contribution >= 0.6 is 0 Å². The highest BCUT2D eigenvalue weighted by Gasteiger charge is 2.40. The molecule has 1 amide bonds. The molecule has 0 aromatic heterocycles. The number of rotatable bonds is 1. The molecule has 3 nitrogen and oxygen atoms in total. The fraction of sp³-hybridized carbons (Fsp3) is 0.909. The molecule has 1 aliphatic heterocycles. The molecule has 0 spiro atoms. The van der Waals surface area contributed by atoms with Gasteiger partial charge >= 0.3 is 0 Å². The highest BCUT2D eigenvalue weighted by atomic mass is 16.2. The van der Waals surface area contributed by atoms with Crippen LogP contribution < -0.4 is 5.73 Å². The van der Waals surface area contributed by atoms with Gasteiger partial charge in [0.1, 0.15) is 0 Å². The normalized spacial score (nSPS) is 32.1. The summed E-state index contributed by atoms with van der Waals surface area (Å²) in [7, 11) is 0. The highest BCUT2D eigenvalue weighted by molar-refractivity contribution is 5.85. The number of hydrogen-bond donors (Lipinski definition) is 1. The van der Waals surface area contributed by atoms with Crippen LogP contribution in [0.15, 0.2) is 0 Å². The van der Waals surface area contributed by atoms with Gasteiger partial charge in [-0.3, -0.25) is 4.79 Å². The molecule has 14 heavy (non-hydrogen) atoms. The molecule has 2 unspecified atom stereocenters. The Labute approximate surface area is 85.6 Å². The molecule has 0 bridgehead atoms. The van der Waals surface area contributed by atoms with Crippen molar-refractivity contribution in [3.8, 4) is 0 Å². The Balaban J connectivity index is 1.99. The van der Waals surface area contributed by atoms with Crippen molar-refractivity contribution in [3.63, 3.8) is 0 Å². The zero-order chi connectivity index (χ0) is 10.3. The van der Waals surface area contributed by atoms with Crippen LogP contribution in [0.4, 0.5) is 0 Å². The second kappa shape index (κ2) is 3.23. The molecule has 2 N–H and O–H groups in total. The van der Waals surface area contributed by atoms with Crippen LogP contribution in [0.5, 0.6) is 0 Å². The Bertz CT molecular complexity index is 232. The Morgan fingerprint density at radius 1 is 1.29 bits per heavy atom. The minimum absolute atomic E-state index is 0.117. The molecule has 0 radical (unpaired) electrons. The SMILES string of the molecule is CC(C)(N)C(=O)N1CC2CCCC2C1. The van der Waals surface area contributed by atoms with Gasteiger partial charge < -0.3 is 10.6 Å². The van der Waals surface area contributed by atoms with Crippen molar-refractivity contribution in [2.45, 2.75) is 38.6 Å². The zero-order valence-electron chi connectivity index (χ0n) is 9.12. The van der Waals surface area contributed by atoms with Crippen LogP contribution in [0.3, 0.4) is 0 Å². The van der Waals surface area contributed by atoms with Crippen LogP contribution in [0.1, 0.15) is 33.1 Å². The summed E-state index contributed by atoms with van der Waals surface area (Å²) < 4.78 is 0. The molecule has 80 valence electrons. The summed E-state index contributed by atoms with van der Waals surface area (Å²) >= 11 is 0. The van der Waals surface area contributed by atoms with E-state index in [9.17, 15) is 4.79 Å². The van der Waals surface area contributed by atoms with Gasteiger partial charge in [-0.2, -0.15) is 0 Å². The number of fused-ring (bicyclic) bond motifs is 1. The van der Waals surface area contributed by atoms with E-state index in [2.05, 4.69) is 0 Å². The molecule has 1 aliphatic carbocycles. The van der Waals surface area contributed by atoms with Crippen molar-refractivity contribution in [1.29, 1.82) is 0 Å². The predicted molar refractivity (Wildman–Crippen MR) is 55.7 cm³/mol. The molecule has 1 saturated carbocycles. The van der Waals surface area contributed by atoms with E-state index < -0.39 is 5.54 Å². The molecule has 0 aromatic rings. The van der Waals surface area contributed by atoms with Gasteiger partial charge in [-0.05, 0) is 38.5 Å². The maximum Gasteiger partial charge on any atom is 0.242 e. The maximum atomic E-state index is 11.9. The smallest absolute Gasteiger partial charge is 0.242 e. The van der Waals surface area contributed by atoms with Gasteiger partial charge in [0.05, 0.1) is 5.54 Å². The highest BCUT2D eigenvalue weighted by Crippen LogP contribution is 2.38. The molecule has 2 fully saturated rings. The quantitative estimate of drug-likeness (QED) is 0.679. The van der Waals surface area contributed by atoms with Gasteiger partial charge in [0.25, 0.3) is 0 Å². The van der Waals surface area contributed by atoms with Crippen molar-refractivity contribution >= 4 is 5.91 Å². The molecule has 2 aliphatic rings. The Morgan fingerprint density at radius 3 is 2.21 bits per heavy atom. The first-order valence-electron chi connectivity index (χ1n) is 5.57. The topological polar surface area (TPSA) is 46.3 Å². The fourth-order valence-corrected chi connectivity index (χ4v) is 2.81. The van der Waals surface area contributed by atoms with Crippen molar-refractivity contribution in [2.75, 3.05) is 13.1 Å². The summed E-state index contributed by atoms with van der Waals surface area (Å²) in [5.41, 5.74) is 5.12. The van der Waals surface area contributed by atoms with Crippen LogP contribution in [0.2, 0.25) is 0 Å². The first-order valence-corrected chi connectivity index (χ1v) is 5.57. The van der Waals surface area contributed by atoms with Gasteiger partial charge in [0.2, 0.25) is 5.91 Å². The monoisotopic (exact) mass is 196 g/mol. The first kappa shape index (κ1) is 9.97. The van der Waals surface area contributed by atoms with E-state index in [0.717, 1.165) is 24.9 Å². The molecule has 3 heteroatoms. The van der Waals surface area contributed by atoms with Gasteiger partial charge in [-0.1, -0.05) is 6.42 Å². The summed E-state index contributed by atoms with van der Waals surface area (Å²) in [6.07, 6.45) is 3.96. The third kappa shape index (κ3) is 1.65. The molecular weight excluding hydrogens is 176 g/mol. The molecular formula is C11H20N2O. The van der Waals surface area contributed by atoms with Crippen LogP contribution in [-0.4, -0.2) is 29.4 Å². The molecule has 2 atom stereocenters. The van der Waals surface area contributed by atoms with Gasteiger partial charge in [-0.15, -0.1) is 0 Å². The summed E-state index contributed by atoms with van der Waals surface area (Å²) in [4.78, 5) is 13.9. The number of likely N-dealkylation sites (tertiary alicyclic amines) is 1. The summed E-state index contributed by atoms with van der Waals surface area (Å²) in [6, 6.07) is 0. The van der Waals surface area contributed by atoms with E-state index in [1.165, 1.54) is 19.3 Å². The second-order valence-corrected chi connectivity index (χ2v) is 5.38. The van der Waals surface area contributed by atoms with Gasteiger partial charge in [0.15, 0.2) is 0 Å². The average Bonchev–Trinajstić information content (AvgIpc) is 2.58. The van der Waals surface area contributed by atoms with E-state index in [4.69, 9.17) is 5.73 Å². The molecule has 1 saturated heterocycles. The number of hydrogen-bond acceptors (Lipinski definition) is 2. The average molecular weight is 196 g/mol. The standard InChI is InChI=1S/C11H20N2O/c1-11(2,12)10(14)13-6-8-4-3-5-9(8)7-13/h8-9H,3-7,12H2,1-2H3. The van der Waals surface area contributed by atoms with Crippen molar-refractivity contribution in [2.24, 2.45) is 17.6 Å². The van der Waals surface area contributed by atoms with Crippen LogP contribution in [0.25, 0.3) is 0 Å². The van der Waals surface area contributed by atoms with Crippen molar-refractivity contribution in [1.82, 2.24) is 4.90 Å². The van der Waals surface area contributed by atoms with Gasteiger partial charge in [-0.25, -0.2) is 0 Å². The van der Waals surface area contributed by atoms with E-state index in [1.54, 1.807) is 13.8 Å². The predicted octanol–water partition coefficient (Wildman–Crippen LogP) is 0.982. The lowest BCUT2D eigenvalue weighted by molar-refractivity contribution is -0.135. The lowest BCUT2D eigenvalue weighted by Crippen LogP contribution is -2.50. The second-order valence-electron chi connectivity index (χ2n) is 5.38. The van der Waals surface area contributed by atoms with Crippen LogP contribution in [-0.2, 0) is 4.79 Å². The van der Waals surface area contributed by atoms with Crippen LogP contribution in [0, 0.1) is 11.8 Å². The van der Waals surface area contributed by atoms with Gasteiger partial charge in [0, 0.05) is 13.1 Å². The third-order valence-corrected chi connectivity index (χ3v) is 3.56. The zero-order valence-corrected chi connectivity index (χ0v) is 9.12. The molecule has 2 rings (SSSR count). The van der Waals surface area contributed by atoms with Crippen molar-refractivity contribution < 1.29 is 4.79 Å². The summed E-state index contributed by atoms with van der Waals surface area (Å²) in [5.74, 6) is 1.65. The van der Waals surface area contributed by atoms with E-state index in [-0.39, 0.29) is 5.91 Å². The van der Waals surface area contributed by atoms with E-state index in [1.807, 2.05) is 4.90 Å². The first-order chi connectivity index (χ1) is 6.48. The number of carbonyl (C=O) groups is 1.